The van der Waals surface area contributed by atoms with E-state index in [0.29, 0.717) is 28.4 Å². The molecule has 1 amide bonds. The third-order valence-corrected chi connectivity index (χ3v) is 3.55. The van der Waals surface area contributed by atoms with Crippen LogP contribution in [0.15, 0.2) is 35.1 Å². The maximum Gasteiger partial charge on any atom is 0.255 e. The molecule has 5 nitrogen and oxygen atoms in total. The largest absolute Gasteiger partial charge is 0.491 e. The quantitative estimate of drug-likeness (QED) is 0.828. The van der Waals surface area contributed by atoms with E-state index in [1.807, 2.05) is 20.8 Å². The van der Waals surface area contributed by atoms with Crippen molar-refractivity contribution in [2.45, 2.75) is 39.7 Å². The molecule has 0 aliphatic carbocycles. The molecule has 24 heavy (non-hydrogen) atoms. The number of benzene rings is 1. The number of halogens is 1. The highest BCUT2D eigenvalue weighted by atomic mass is 35.5. The minimum atomic E-state index is -0.377. The Labute approximate surface area is 146 Å². The van der Waals surface area contributed by atoms with Crippen molar-refractivity contribution in [3.8, 4) is 5.75 Å². The van der Waals surface area contributed by atoms with Crippen LogP contribution in [-0.4, -0.2) is 17.0 Å². The summed E-state index contributed by atoms with van der Waals surface area (Å²) in [6.45, 7) is 5.85. The van der Waals surface area contributed by atoms with Crippen molar-refractivity contribution in [3.05, 3.63) is 57.0 Å². The van der Waals surface area contributed by atoms with Crippen molar-refractivity contribution in [1.29, 1.82) is 0 Å². The predicted octanol–water partition coefficient (Wildman–Crippen LogP) is 4.02. The second kappa shape index (κ2) is 8.02. The molecule has 1 aromatic carbocycles. The molecule has 0 atom stereocenters. The van der Waals surface area contributed by atoms with Crippen molar-refractivity contribution in [1.82, 2.24) is 4.98 Å². The summed E-state index contributed by atoms with van der Waals surface area (Å²) in [5.74, 6) is 0.257. The summed E-state index contributed by atoms with van der Waals surface area (Å²) in [4.78, 5) is 26.8. The van der Waals surface area contributed by atoms with E-state index in [9.17, 15) is 9.59 Å². The first-order valence-electron chi connectivity index (χ1n) is 7.90. The van der Waals surface area contributed by atoms with Crippen LogP contribution < -0.4 is 15.6 Å². The van der Waals surface area contributed by atoms with E-state index in [2.05, 4.69) is 10.3 Å². The smallest absolute Gasteiger partial charge is 0.255 e. The van der Waals surface area contributed by atoms with Gasteiger partial charge in [-0.15, -0.1) is 0 Å². The zero-order valence-electron chi connectivity index (χ0n) is 14.0. The zero-order chi connectivity index (χ0) is 17.7. The number of ether oxygens (including phenoxy) is 1. The first kappa shape index (κ1) is 18.1. The van der Waals surface area contributed by atoms with Gasteiger partial charge in [0.25, 0.3) is 5.91 Å². The summed E-state index contributed by atoms with van der Waals surface area (Å²) in [6.07, 6.45) is 1.62. The van der Waals surface area contributed by atoms with Crippen LogP contribution in [0.4, 0.5) is 5.69 Å². The molecular weight excluding hydrogens is 328 g/mol. The van der Waals surface area contributed by atoms with Crippen molar-refractivity contribution < 1.29 is 9.53 Å². The molecular formula is C18H21ClN2O3. The van der Waals surface area contributed by atoms with Crippen molar-refractivity contribution in [2.24, 2.45) is 0 Å². The third-order valence-electron chi connectivity index (χ3n) is 3.24. The number of aromatic nitrogens is 1. The number of amides is 1. The van der Waals surface area contributed by atoms with E-state index in [-0.39, 0.29) is 17.6 Å². The van der Waals surface area contributed by atoms with E-state index in [1.165, 1.54) is 6.07 Å². The van der Waals surface area contributed by atoms with Crippen molar-refractivity contribution in [3.63, 3.8) is 0 Å². The topological polar surface area (TPSA) is 71.2 Å². The number of rotatable bonds is 6. The van der Waals surface area contributed by atoms with Crippen LogP contribution in [0.25, 0.3) is 0 Å². The number of hydrogen-bond donors (Lipinski definition) is 2. The van der Waals surface area contributed by atoms with Crippen LogP contribution in [0.1, 0.15) is 43.2 Å². The molecule has 1 heterocycles. The van der Waals surface area contributed by atoms with Crippen LogP contribution >= 0.6 is 11.6 Å². The molecule has 2 N–H and O–H groups in total. The highest BCUT2D eigenvalue weighted by molar-refractivity contribution is 6.34. The van der Waals surface area contributed by atoms with Crippen LogP contribution in [0.2, 0.25) is 5.02 Å². The zero-order valence-corrected chi connectivity index (χ0v) is 14.7. The SMILES string of the molecule is CCCc1cc(C(=O)Nc2ccc(OC(C)C)cc2Cl)cc(=O)[nH]1. The fourth-order valence-corrected chi connectivity index (χ4v) is 2.49. The molecule has 6 heteroatoms. The highest BCUT2D eigenvalue weighted by Gasteiger charge is 2.11. The van der Waals surface area contributed by atoms with E-state index in [1.54, 1.807) is 24.3 Å². The Kier molecular flexibility index (Phi) is 6.04. The highest BCUT2D eigenvalue weighted by Crippen LogP contribution is 2.27. The number of carbonyl (C=O) groups is 1. The molecule has 0 unspecified atom stereocenters. The summed E-state index contributed by atoms with van der Waals surface area (Å²) >= 11 is 6.19. The average molecular weight is 349 g/mol. The first-order chi connectivity index (χ1) is 11.4. The van der Waals surface area contributed by atoms with Gasteiger partial charge in [0.1, 0.15) is 5.75 Å². The summed E-state index contributed by atoms with van der Waals surface area (Å²) in [5.41, 5.74) is 1.22. The van der Waals surface area contributed by atoms with Gasteiger partial charge in [-0.25, -0.2) is 0 Å². The number of aryl methyl sites for hydroxylation is 1. The first-order valence-corrected chi connectivity index (χ1v) is 8.27. The molecule has 0 saturated carbocycles. The number of H-pyrrole nitrogens is 1. The van der Waals surface area contributed by atoms with Gasteiger partial charge in [0.15, 0.2) is 0 Å². The Morgan fingerprint density at radius 2 is 2.04 bits per heavy atom. The van der Waals surface area contributed by atoms with E-state index in [4.69, 9.17) is 16.3 Å². The fourth-order valence-electron chi connectivity index (χ4n) is 2.27. The van der Waals surface area contributed by atoms with Crippen LogP contribution in [0, 0.1) is 0 Å². The summed E-state index contributed by atoms with van der Waals surface area (Å²) in [5, 5.41) is 3.10. The lowest BCUT2D eigenvalue weighted by atomic mass is 10.1. The van der Waals surface area contributed by atoms with Gasteiger partial charge in [0.2, 0.25) is 5.56 Å². The van der Waals surface area contributed by atoms with E-state index < -0.39 is 0 Å². The number of nitrogens with one attached hydrogen (secondary N) is 2. The second-order valence-electron chi connectivity index (χ2n) is 5.77. The third kappa shape index (κ3) is 4.86. The normalized spacial score (nSPS) is 10.7. The summed E-state index contributed by atoms with van der Waals surface area (Å²) < 4.78 is 5.56. The van der Waals surface area contributed by atoms with Gasteiger partial charge in [-0.3, -0.25) is 9.59 Å². The lowest BCUT2D eigenvalue weighted by Gasteiger charge is -2.12. The molecule has 2 rings (SSSR count). The van der Waals surface area contributed by atoms with E-state index >= 15 is 0 Å². The van der Waals surface area contributed by atoms with Gasteiger partial charge in [-0.05, 0) is 38.5 Å². The summed E-state index contributed by atoms with van der Waals surface area (Å²) in [6, 6.07) is 8.03. The molecule has 128 valence electrons. The summed E-state index contributed by atoms with van der Waals surface area (Å²) in [7, 11) is 0. The Hall–Kier alpha value is -2.27. The Morgan fingerprint density at radius 3 is 2.67 bits per heavy atom. The molecule has 0 aliphatic heterocycles. The Bertz CT molecular complexity index is 784. The number of pyridine rings is 1. The van der Waals surface area contributed by atoms with Gasteiger partial charge in [0.05, 0.1) is 16.8 Å². The molecule has 1 aromatic heterocycles. The fraction of sp³-hybridized carbons (Fsp3) is 0.333. The minimum absolute atomic E-state index is 0.0366. The van der Waals surface area contributed by atoms with Gasteiger partial charge in [-0.1, -0.05) is 24.9 Å². The van der Waals surface area contributed by atoms with Crippen LogP contribution in [-0.2, 0) is 6.42 Å². The van der Waals surface area contributed by atoms with Crippen LogP contribution in [0.5, 0.6) is 5.75 Å². The maximum absolute atomic E-state index is 12.4. The van der Waals surface area contributed by atoms with Gasteiger partial charge >= 0.3 is 0 Å². The minimum Gasteiger partial charge on any atom is -0.491 e. The Balaban J connectivity index is 2.19. The number of carbonyl (C=O) groups excluding carboxylic acids is 1. The molecule has 0 saturated heterocycles. The van der Waals surface area contributed by atoms with Gasteiger partial charge < -0.3 is 15.0 Å². The molecule has 0 fully saturated rings. The predicted molar refractivity (Wildman–Crippen MR) is 96.2 cm³/mol. The van der Waals surface area contributed by atoms with Gasteiger partial charge in [-0.2, -0.15) is 0 Å². The van der Waals surface area contributed by atoms with Crippen molar-refractivity contribution in [2.75, 3.05) is 5.32 Å². The van der Waals surface area contributed by atoms with Crippen molar-refractivity contribution >= 4 is 23.2 Å². The number of anilines is 1. The van der Waals surface area contributed by atoms with E-state index in [0.717, 1.165) is 12.1 Å². The van der Waals surface area contributed by atoms with Crippen LogP contribution in [0.3, 0.4) is 0 Å². The number of hydrogen-bond acceptors (Lipinski definition) is 3. The molecule has 0 aliphatic rings. The Morgan fingerprint density at radius 1 is 1.29 bits per heavy atom. The molecule has 2 aromatic rings. The lowest BCUT2D eigenvalue weighted by Crippen LogP contribution is -2.17. The number of aromatic amines is 1. The molecule has 0 bridgehead atoms. The second-order valence-corrected chi connectivity index (χ2v) is 6.18. The maximum atomic E-state index is 12.4. The molecule has 0 radical (unpaired) electrons. The molecule has 0 spiro atoms. The lowest BCUT2D eigenvalue weighted by molar-refractivity contribution is 0.102. The monoisotopic (exact) mass is 348 g/mol. The average Bonchev–Trinajstić information content (AvgIpc) is 2.49. The van der Waals surface area contributed by atoms with Gasteiger partial charge in [0, 0.05) is 23.4 Å². The standard InChI is InChI=1S/C18H21ClN2O3/c1-4-5-13-8-12(9-17(22)20-13)18(23)21-16-7-6-14(10-15(16)19)24-11(2)3/h6-11H,4-5H2,1-3H3,(H,20,22)(H,21,23).